The summed E-state index contributed by atoms with van der Waals surface area (Å²) in [7, 11) is 1.52. The van der Waals surface area contributed by atoms with Crippen LogP contribution in [-0.2, 0) is 30.3 Å². The van der Waals surface area contributed by atoms with Gasteiger partial charge in [0.2, 0.25) is 11.8 Å². The van der Waals surface area contributed by atoms with Gasteiger partial charge in [-0.3, -0.25) is 19.2 Å². The van der Waals surface area contributed by atoms with E-state index in [9.17, 15) is 19.2 Å². The number of hydrogen-bond donors (Lipinski definition) is 2. The number of benzene rings is 2. The molecule has 2 aromatic carbocycles. The minimum Gasteiger partial charge on any atom is -0.495 e. The topological polar surface area (TPSA) is 111 Å². The third kappa shape index (κ3) is 9.79. The van der Waals surface area contributed by atoms with Gasteiger partial charge >= 0.3 is 5.97 Å². The molecule has 4 rings (SSSR count). The fourth-order valence-electron chi connectivity index (χ4n) is 5.73. The molecular formula is C37H45ClN2O6. The van der Waals surface area contributed by atoms with Crippen molar-refractivity contribution >= 4 is 41.2 Å². The van der Waals surface area contributed by atoms with E-state index in [0.29, 0.717) is 30.0 Å². The van der Waals surface area contributed by atoms with E-state index in [-0.39, 0.29) is 43.4 Å². The number of methoxy groups -OCH3 is 1. The molecule has 1 saturated carbocycles. The number of nitrogens with one attached hydrogen (secondary N) is 2. The van der Waals surface area contributed by atoms with Gasteiger partial charge in [0.25, 0.3) is 0 Å². The zero-order valence-electron chi connectivity index (χ0n) is 27.1. The van der Waals surface area contributed by atoms with Crippen molar-refractivity contribution in [2.45, 2.75) is 71.4 Å². The predicted octanol–water partition coefficient (Wildman–Crippen LogP) is 6.12. The molecule has 8 nitrogen and oxygen atoms in total. The van der Waals surface area contributed by atoms with Crippen LogP contribution in [-0.4, -0.2) is 49.4 Å². The van der Waals surface area contributed by atoms with Crippen LogP contribution in [0.15, 0.2) is 66.8 Å². The summed E-state index contributed by atoms with van der Waals surface area (Å²) in [6.45, 7) is 6.14. The molecule has 1 heterocycles. The zero-order valence-corrected chi connectivity index (χ0v) is 27.8. The van der Waals surface area contributed by atoms with E-state index in [1.165, 1.54) is 13.2 Å². The summed E-state index contributed by atoms with van der Waals surface area (Å²) < 4.78 is 11.4. The quantitative estimate of drug-likeness (QED) is 0.334. The van der Waals surface area contributed by atoms with Crippen molar-refractivity contribution in [3.63, 3.8) is 0 Å². The largest absolute Gasteiger partial charge is 0.495 e. The summed E-state index contributed by atoms with van der Waals surface area (Å²) in [5.41, 5.74) is 1.04. The number of ether oxygens (including phenoxy) is 2. The van der Waals surface area contributed by atoms with Gasteiger partial charge < -0.3 is 20.1 Å². The number of halogens is 1. The van der Waals surface area contributed by atoms with Gasteiger partial charge in [0, 0.05) is 37.1 Å². The van der Waals surface area contributed by atoms with Crippen LogP contribution in [0.5, 0.6) is 5.75 Å². The average Bonchev–Trinajstić information content (AvgIpc) is 3.82. The van der Waals surface area contributed by atoms with E-state index in [1.54, 1.807) is 24.3 Å². The molecule has 2 N–H and O–H groups in total. The summed E-state index contributed by atoms with van der Waals surface area (Å²) in [6, 6.07) is 14.1. The van der Waals surface area contributed by atoms with Gasteiger partial charge in [-0.2, -0.15) is 0 Å². The van der Waals surface area contributed by atoms with Gasteiger partial charge in [0.1, 0.15) is 23.7 Å². The fraction of sp³-hybridized carbons (Fsp3) is 0.459. The van der Waals surface area contributed by atoms with Crippen molar-refractivity contribution < 1.29 is 28.7 Å². The summed E-state index contributed by atoms with van der Waals surface area (Å²) in [5.74, 6) is -1.40. The first kappa shape index (κ1) is 35.0. The van der Waals surface area contributed by atoms with Crippen molar-refractivity contribution in [3.05, 3.63) is 82.9 Å². The summed E-state index contributed by atoms with van der Waals surface area (Å²) >= 11 is 6.33. The van der Waals surface area contributed by atoms with Crippen LogP contribution in [0.4, 0.5) is 0 Å². The minimum atomic E-state index is -0.907. The maximum atomic E-state index is 13.7. The molecule has 4 atom stereocenters. The van der Waals surface area contributed by atoms with Gasteiger partial charge in [-0.15, -0.1) is 0 Å². The highest BCUT2D eigenvalue weighted by Gasteiger charge is 2.50. The highest BCUT2D eigenvalue weighted by Crippen LogP contribution is 2.47. The monoisotopic (exact) mass is 648 g/mol. The number of amides is 2. The van der Waals surface area contributed by atoms with Crippen LogP contribution in [0.1, 0.15) is 64.0 Å². The molecule has 1 aliphatic carbocycles. The summed E-state index contributed by atoms with van der Waals surface area (Å²) in [5, 5.41) is 6.12. The Balaban J connectivity index is 1.61. The van der Waals surface area contributed by atoms with Gasteiger partial charge in [-0.1, -0.05) is 87.0 Å². The first-order valence-corrected chi connectivity index (χ1v) is 16.4. The Hall–Kier alpha value is -3.91. The molecule has 1 aliphatic heterocycles. The highest BCUT2D eigenvalue weighted by molar-refractivity contribution is 6.32. The lowest BCUT2D eigenvalue weighted by Gasteiger charge is -2.26. The second-order valence-electron chi connectivity index (χ2n) is 12.9. The van der Waals surface area contributed by atoms with E-state index < -0.39 is 41.3 Å². The molecule has 0 saturated heterocycles. The minimum absolute atomic E-state index is 0.0431. The van der Waals surface area contributed by atoms with Crippen LogP contribution in [0.2, 0.25) is 5.02 Å². The van der Waals surface area contributed by atoms with E-state index in [2.05, 4.69) is 10.6 Å². The van der Waals surface area contributed by atoms with Crippen molar-refractivity contribution in [1.29, 1.82) is 0 Å². The van der Waals surface area contributed by atoms with E-state index in [4.69, 9.17) is 21.1 Å². The molecule has 46 heavy (non-hydrogen) atoms. The zero-order chi connectivity index (χ0) is 33.3. The Morgan fingerprint density at radius 2 is 1.80 bits per heavy atom. The van der Waals surface area contributed by atoms with Crippen LogP contribution in [0.3, 0.4) is 0 Å². The number of carbonyl (C=O) groups is 4. The second-order valence-corrected chi connectivity index (χ2v) is 13.3. The molecular weight excluding hydrogens is 604 g/mol. The first-order valence-electron chi connectivity index (χ1n) is 16.0. The number of cyclic esters (lactones) is 1. The van der Waals surface area contributed by atoms with Crippen molar-refractivity contribution in [2.24, 2.45) is 23.2 Å². The molecule has 1 spiro atoms. The lowest BCUT2D eigenvalue weighted by molar-refractivity contribution is -0.158. The summed E-state index contributed by atoms with van der Waals surface area (Å²) in [4.78, 5) is 53.9. The average molecular weight is 649 g/mol. The van der Waals surface area contributed by atoms with E-state index in [1.807, 2.05) is 63.3 Å². The standard InChI is InChI=1S/C37H45ClN2O6/c1-24(2)19-28-22-33(41)37(17-18-37)23-39-35(43)30(21-27-15-16-32(45-4)29(38)20-27)40-34(42)12-8-11-31(46-36(28)44)25(3)13-14-26-9-6-5-7-10-26/h5-10,12-16,20,24-25,28,30-31H,11,17-19,21-23H2,1-4H3,(H,39,43)(H,40,42)/b12-8+,14-13+/t25-,28-,30-,31+/m1/s1. The van der Waals surface area contributed by atoms with Gasteiger partial charge in [-0.25, -0.2) is 0 Å². The first-order chi connectivity index (χ1) is 22.0. The normalized spacial score (nSPS) is 23.9. The molecule has 0 unspecified atom stereocenters. The fourth-order valence-corrected chi connectivity index (χ4v) is 6.01. The molecule has 0 bridgehead atoms. The summed E-state index contributed by atoms with van der Waals surface area (Å²) in [6.07, 6.45) is 8.74. The maximum absolute atomic E-state index is 13.7. The van der Waals surface area contributed by atoms with Crippen LogP contribution in [0, 0.1) is 23.2 Å². The van der Waals surface area contributed by atoms with Gasteiger partial charge in [-0.05, 0) is 54.5 Å². The molecule has 9 heteroatoms. The Kier molecular flexibility index (Phi) is 12.2. The second kappa shape index (κ2) is 16.1. The molecule has 2 aromatic rings. The molecule has 246 valence electrons. The van der Waals surface area contributed by atoms with E-state index >= 15 is 0 Å². The molecule has 0 aromatic heterocycles. The highest BCUT2D eigenvalue weighted by atomic mass is 35.5. The van der Waals surface area contributed by atoms with Gasteiger partial charge in [0.15, 0.2) is 0 Å². The van der Waals surface area contributed by atoms with E-state index in [0.717, 1.165) is 11.1 Å². The number of ketones is 1. The van der Waals surface area contributed by atoms with Gasteiger partial charge in [0.05, 0.1) is 18.1 Å². The van der Waals surface area contributed by atoms with Crippen LogP contribution in [0.25, 0.3) is 6.08 Å². The van der Waals surface area contributed by atoms with Crippen LogP contribution >= 0.6 is 11.6 Å². The number of rotatable bonds is 8. The third-order valence-electron chi connectivity index (χ3n) is 8.74. The molecule has 2 amide bonds. The molecule has 0 radical (unpaired) electrons. The Morgan fingerprint density at radius 1 is 1.07 bits per heavy atom. The number of esters is 1. The number of hydrogen-bond acceptors (Lipinski definition) is 6. The Morgan fingerprint density at radius 3 is 2.46 bits per heavy atom. The SMILES string of the molecule is COc1ccc(C[C@H]2NC(=O)/C=C/C[C@@H]([C@H](C)/C=C/c3ccccc3)OC(=O)[C@H](CC(C)C)CC(=O)C3(CC3)CNC2=O)cc1Cl. The number of Topliss-reactive ketones (excluding diaryl/α,β-unsaturated/α-hetero) is 1. The Bertz CT molecular complexity index is 1450. The van der Waals surface area contributed by atoms with Crippen molar-refractivity contribution in [1.82, 2.24) is 10.6 Å². The molecule has 1 fully saturated rings. The lowest BCUT2D eigenvalue weighted by atomic mass is 9.87. The Labute approximate surface area is 276 Å². The van der Waals surface area contributed by atoms with Crippen molar-refractivity contribution in [3.8, 4) is 5.75 Å². The lowest BCUT2D eigenvalue weighted by Crippen LogP contribution is -2.49. The number of carbonyl (C=O) groups excluding carboxylic acids is 4. The smallest absolute Gasteiger partial charge is 0.309 e. The molecule has 2 aliphatic rings. The maximum Gasteiger partial charge on any atom is 0.309 e. The third-order valence-corrected chi connectivity index (χ3v) is 9.03. The van der Waals surface area contributed by atoms with Crippen LogP contribution < -0.4 is 15.4 Å². The predicted molar refractivity (Wildman–Crippen MR) is 179 cm³/mol. The van der Waals surface area contributed by atoms with Crippen molar-refractivity contribution in [2.75, 3.05) is 13.7 Å².